The summed E-state index contributed by atoms with van der Waals surface area (Å²) in [5.74, 6) is -2.72. The Morgan fingerprint density at radius 3 is 2.70 bits per heavy atom. The molecule has 0 amide bonds. The number of nitrogen functional groups attached to an aromatic ring is 1. The largest absolute Gasteiger partial charge is 0.461 e. The number of morpholine rings is 1. The van der Waals surface area contributed by atoms with Gasteiger partial charge in [0.25, 0.3) is 0 Å². The lowest BCUT2D eigenvalue weighted by atomic mass is 10.2. The molecule has 2 N–H and O–H groups in total. The van der Waals surface area contributed by atoms with Gasteiger partial charge < -0.3 is 15.2 Å². The Morgan fingerprint density at radius 2 is 2.00 bits per heavy atom. The molecule has 0 aromatic heterocycles. The molecule has 0 aliphatic carbocycles. The van der Waals surface area contributed by atoms with Crippen LogP contribution in [0.3, 0.4) is 0 Å². The van der Waals surface area contributed by atoms with Gasteiger partial charge in [-0.15, -0.1) is 0 Å². The first-order valence-electron chi connectivity index (χ1n) is 6.29. The van der Waals surface area contributed by atoms with Crippen molar-refractivity contribution in [3.05, 3.63) is 29.3 Å². The summed E-state index contributed by atoms with van der Waals surface area (Å²) in [5.41, 5.74) is 4.66. The van der Waals surface area contributed by atoms with Crippen LogP contribution in [-0.2, 0) is 9.47 Å². The molecular weight excluding hydrogens is 270 g/mol. The highest BCUT2D eigenvalue weighted by atomic mass is 19.1. The minimum Gasteiger partial charge on any atom is -0.461 e. The van der Waals surface area contributed by atoms with Crippen LogP contribution in [0.25, 0.3) is 0 Å². The van der Waals surface area contributed by atoms with E-state index < -0.39 is 17.6 Å². The van der Waals surface area contributed by atoms with Gasteiger partial charge in [0, 0.05) is 25.7 Å². The predicted octanol–water partition coefficient (Wildman–Crippen LogP) is 1.04. The number of hydrogen-bond acceptors (Lipinski definition) is 5. The van der Waals surface area contributed by atoms with Crippen molar-refractivity contribution in [3.63, 3.8) is 0 Å². The Morgan fingerprint density at radius 1 is 1.30 bits per heavy atom. The number of nitrogens with two attached hydrogens (primary N) is 1. The normalized spacial score (nSPS) is 16.1. The van der Waals surface area contributed by atoms with Gasteiger partial charge in [0.05, 0.1) is 24.5 Å². The number of rotatable bonds is 4. The standard InChI is InChI=1S/C13H16F2N2O3/c14-10-8-11(15)12(16)7-9(10)13(18)20-6-3-17-1-4-19-5-2-17/h7-8H,1-6,16H2. The predicted molar refractivity (Wildman–Crippen MR) is 68.3 cm³/mol. The third-order valence-electron chi connectivity index (χ3n) is 3.05. The fraction of sp³-hybridized carbons (Fsp3) is 0.462. The molecule has 20 heavy (non-hydrogen) atoms. The first kappa shape index (κ1) is 14.7. The molecule has 1 aromatic carbocycles. The number of hydrogen-bond donors (Lipinski definition) is 1. The number of carbonyl (C=O) groups is 1. The average molecular weight is 286 g/mol. The van der Waals surface area contributed by atoms with Crippen LogP contribution in [0.4, 0.5) is 14.5 Å². The van der Waals surface area contributed by atoms with Crippen molar-refractivity contribution < 1.29 is 23.0 Å². The van der Waals surface area contributed by atoms with E-state index in [1.165, 1.54) is 0 Å². The van der Waals surface area contributed by atoms with Crippen molar-refractivity contribution in [1.82, 2.24) is 4.90 Å². The van der Waals surface area contributed by atoms with E-state index in [0.717, 1.165) is 19.2 Å². The fourth-order valence-corrected chi connectivity index (χ4v) is 1.89. The van der Waals surface area contributed by atoms with Crippen LogP contribution in [0.2, 0.25) is 0 Å². The Kier molecular flexibility index (Phi) is 4.86. The molecule has 1 aromatic rings. The lowest BCUT2D eigenvalue weighted by Gasteiger charge is -2.26. The van der Waals surface area contributed by atoms with E-state index in [1.807, 2.05) is 0 Å². The van der Waals surface area contributed by atoms with E-state index in [2.05, 4.69) is 4.90 Å². The van der Waals surface area contributed by atoms with Crippen molar-refractivity contribution in [2.45, 2.75) is 0 Å². The van der Waals surface area contributed by atoms with Crippen LogP contribution in [0.15, 0.2) is 12.1 Å². The Hall–Kier alpha value is -1.73. The van der Waals surface area contributed by atoms with E-state index in [9.17, 15) is 13.6 Å². The highest BCUT2D eigenvalue weighted by Gasteiger charge is 2.17. The number of carbonyl (C=O) groups excluding carboxylic acids is 1. The third-order valence-corrected chi connectivity index (χ3v) is 3.05. The Balaban J connectivity index is 1.87. The summed E-state index contributed by atoms with van der Waals surface area (Å²) >= 11 is 0. The van der Waals surface area contributed by atoms with Gasteiger partial charge >= 0.3 is 5.97 Å². The summed E-state index contributed by atoms with van der Waals surface area (Å²) in [6, 6.07) is 1.52. The molecule has 1 heterocycles. The molecule has 0 radical (unpaired) electrons. The molecule has 0 unspecified atom stereocenters. The van der Waals surface area contributed by atoms with Gasteiger partial charge in [0.15, 0.2) is 0 Å². The molecule has 2 rings (SSSR count). The number of anilines is 1. The van der Waals surface area contributed by atoms with Gasteiger partial charge in [-0.05, 0) is 6.07 Å². The van der Waals surface area contributed by atoms with Crippen molar-refractivity contribution in [2.24, 2.45) is 0 Å². The summed E-state index contributed by atoms with van der Waals surface area (Å²) in [5, 5.41) is 0. The summed E-state index contributed by atoms with van der Waals surface area (Å²) < 4.78 is 36.6. The molecule has 0 saturated carbocycles. The lowest BCUT2D eigenvalue weighted by molar-refractivity contribution is 0.0194. The highest BCUT2D eigenvalue weighted by molar-refractivity contribution is 5.90. The zero-order valence-electron chi connectivity index (χ0n) is 10.9. The molecule has 1 aliphatic heterocycles. The van der Waals surface area contributed by atoms with Gasteiger partial charge in [-0.3, -0.25) is 4.90 Å². The van der Waals surface area contributed by atoms with Gasteiger partial charge in [0.1, 0.15) is 18.2 Å². The van der Waals surface area contributed by atoms with Crippen LogP contribution < -0.4 is 5.73 Å². The van der Waals surface area contributed by atoms with Crippen molar-refractivity contribution in [3.8, 4) is 0 Å². The van der Waals surface area contributed by atoms with Crippen LogP contribution in [0, 0.1) is 11.6 Å². The molecule has 1 fully saturated rings. The van der Waals surface area contributed by atoms with Gasteiger partial charge in [-0.25, -0.2) is 13.6 Å². The van der Waals surface area contributed by atoms with E-state index in [0.29, 0.717) is 25.8 Å². The number of benzene rings is 1. The monoisotopic (exact) mass is 286 g/mol. The zero-order valence-corrected chi connectivity index (χ0v) is 10.9. The maximum atomic E-state index is 13.4. The van der Waals surface area contributed by atoms with Crippen LogP contribution in [-0.4, -0.2) is 50.3 Å². The van der Waals surface area contributed by atoms with E-state index in [1.54, 1.807) is 0 Å². The molecule has 1 aliphatic rings. The summed E-state index contributed by atoms with van der Waals surface area (Å²) in [6.07, 6.45) is 0. The Labute approximate surface area is 115 Å². The third kappa shape index (κ3) is 3.64. The molecule has 0 spiro atoms. The first-order chi connectivity index (χ1) is 9.58. The SMILES string of the molecule is Nc1cc(C(=O)OCCN2CCOCC2)c(F)cc1F. The number of nitrogens with zero attached hydrogens (tertiary/aromatic N) is 1. The molecule has 0 bridgehead atoms. The number of halogens is 2. The van der Waals surface area contributed by atoms with Gasteiger partial charge in [-0.2, -0.15) is 0 Å². The maximum absolute atomic E-state index is 13.4. The van der Waals surface area contributed by atoms with Crippen LogP contribution in [0.5, 0.6) is 0 Å². The molecule has 7 heteroatoms. The minimum atomic E-state index is -0.979. The van der Waals surface area contributed by atoms with Gasteiger partial charge in [0.2, 0.25) is 0 Å². The van der Waals surface area contributed by atoms with Crippen molar-refractivity contribution in [1.29, 1.82) is 0 Å². The second kappa shape index (κ2) is 6.62. The second-order valence-electron chi connectivity index (χ2n) is 4.44. The molecule has 5 nitrogen and oxygen atoms in total. The molecular formula is C13H16F2N2O3. The molecule has 1 saturated heterocycles. The lowest BCUT2D eigenvalue weighted by Crippen LogP contribution is -2.38. The van der Waals surface area contributed by atoms with Crippen LogP contribution in [0.1, 0.15) is 10.4 Å². The number of ether oxygens (including phenoxy) is 2. The second-order valence-corrected chi connectivity index (χ2v) is 4.44. The molecule has 0 atom stereocenters. The van der Waals surface area contributed by atoms with E-state index >= 15 is 0 Å². The Bertz CT molecular complexity index is 491. The van der Waals surface area contributed by atoms with Crippen molar-refractivity contribution >= 4 is 11.7 Å². The topological polar surface area (TPSA) is 64.8 Å². The quantitative estimate of drug-likeness (QED) is 0.661. The zero-order chi connectivity index (χ0) is 14.5. The van der Waals surface area contributed by atoms with Crippen molar-refractivity contribution in [2.75, 3.05) is 45.2 Å². The maximum Gasteiger partial charge on any atom is 0.341 e. The van der Waals surface area contributed by atoms with Gasteiger partial charge in [-0.1, -0.05) is 0 Å². The fourth-order valence-electron chi connectivity index (χ4n) is 1.89. The summed E-state index contributed by atoms with van der Waals surface area (Å²) in [4.78, 5) is 13.8. The summed E-state index contributed by atoms with van der Waals surface area (Å²) in [6.45, 7) is 3.53. The van der Waals surface area contributed by atoms with Crippen LogP contribution >= 0.6 is 0 Å². The first-order valence-corrected chi connectivity index (χ1v) is 6.29. The summed E-state index contributed by atoms with van der Waals surface area (Å²) in [7, 11) is 0. The minimum absolute atomic E-state index is 0.134. The average Bonchev–Trinajstić information content (AvgIpc) is 2.44. The number of esters is 1. The highest BCUT2D eigenvalue weighted by Crippen LogP contribution is 2.17. The molecule has 110 valence electrons. The van der Waals surface area contributed by atoms with E-state index in [4.69, 9.17) is 15.2 Å². The van der Waals surface area contributed by atoms with E-state index in [-0.39, 0.29) is 17.9 Å². The smallest absolute Gasteiger partial charge is 0.341 e.